The highest BCUT2D eigenvalue weighted by molar-refractivity contribution is 5.93. The molecule has 0 spiro atoms. The molecule has 4 heteroatoms. The zero-order valence-electron chi connectivity index (χ0n) is 14.0. The number of pyridine rings is 1. The van der Waals surface area contributed by atoms with Gasteiger partial charge < -0.3 is 0 Å². The fourth-order valence-electron chi connectivity index (χ4n) is 2.82. The molecule has 0 N–H and O–H groups in total. The van der Waals surface area contributed by atoms with Gasteiger partial charge in [-0.3, -0.25) is 0 Å². The van der Waals surface area contributed by atoms with Gasteiger partial charge in [-0.1, -0.05) is 36.4 Å². The van der Waals surface area contributed by atoms with Gasteiger partial charge in [-0.05, 0) is 43.7 Å². The van der Waals surface area contributed by atoms with E-state index in [-0.39, 0.29) is 5.82 Å². The maximum absolute atomic E-state index is 14.1. The molecule has 2 aromatic heterocycles. The van der Waals surface area contributed by atoms with E-state index in [1.807, 2.05) is 55.5 Å². The Morgan fingerprint density at radius 1 is 0.800 bits per heavy atom. The number of halogens is 1. The van der Waals surface area contributed by atoms with Crippen molar-refractivity contribution >= 4 is 10.9 Å². The van der Waals surface area contributed by atoms with Crippen molar-refractivity contribution in [2.24, 2.45) is 0 Å². The Morgan fingerprint density at radius 2 is 1.64 bits per heavy atom. The summed E-state index contributed by atoms with van der Waals surface area (Å²) in [4.78, 5) is 13.9. The van der Waals surface area contributed by atoms with E-state index in [9.17, 15) is 4.39 Å². The molecule has 0 bridgehead atoms. The van der Waals surface area contributed by atoms with Crippen LogP contribution in [0.5, 0.6) is 0 Å². The molecular formula is C21H16FN3. The summed E-state index contributed by atoms with van der Waals surface area (Å²) in [6.07, 6.45) is 0. The van der Waals surface area contributed by atoms with Crippen LogP contribution in [0.15, 0.2) is 60.7 Å². The molecule has 4 rings (SSSR count). The molecule has 0 aliphatic carbocycles. The Bertz CT molecular complexity index is 1090. The van der Waals surface area contributed by atoms with Crippen LogP contribution in [0.25, 0.3) is 33.7 Å². The van der Waals surface area contributed by atoms with E-state index in [0.717, 1.165) is 22.2 Å². The molecule has 4 aromatic rings. The van der Waals surface area contributed by atoms with Crippen molar-refractivity contribution in [2.75, 3.05) is 0 Å². The summed E-state index contributed by atoms with van der Waals surface area (Å²) in [5, 5.41) is 0.891. The first-order chi connectivity index (χ1) is 12.1. The van der Waals surface area contributed by atoms with Gasteiger partial charge in [0.05, 0.1) is 11.2 Å². The van der Waals surface area contributed by atoms with E-state index < -0.39 is 0 Å². The number of rotatable bonds is 2. The molecule has 122 valence electrons. The molecule has 0 atom stereocenters. The Morgan fingerprint density at radius 3 is 2.44 bits per heavy atom. The minimum atomic E-state index is -0.240. The highest BCUT2D eigenvalue weighted by atomic mass is 19.1. The Labute approximate surface area is 145 Å². The normalized spacial score (nSPS) is 11.0. The predicted molar refractivity (Wildman–Crippen MR) is 97.6 cm³/mol. The third kappa shape index (κ3) is 2.87. The monoisotopic (exact) mass is 329 g/mol. The van der Waals surface area contributed by atoms with Gasteiger partial charge in [0.2, 0.25) is 0 Å². The first-order valence-corrected chi connectivity index (χ1v) is 8.09. The molecule has 2 aromatic carbocycles. The lowest BCUT2D eigenvalue weighted by atomic mass is 10.0. The van der Waals surface area contributed by atoms with E-state index in [1.165, 1.54) is 6.07 Å². The number of nitrogens with zero attached hydrogens (tertiary/aromatic N) is 3. The Hall–Kier alpha value is -3.14. The predicted octanol–water partition coefficient (Wildman–Crippen LogP) is 5.11. The first kappa shape index (κ1) is 15.4. The van der Waals surface area contributed by atoms with Crippen molar-refractivity contribution < 1.29 is 4.39 Å². The largest absolute Gasteiger partial charge is 0.250 e. The van der Waals surface area contributed by atoms with Crippen LogP contribution in [-0.2, 0) is 0 Å². The van der Waals surface area contributed by atoms with Gasteiger partial charge in [-0.15, -0.1) is 0 Å². The lowest BCUT2D eigenvalue weighted by Crippen LogP contribution is -1.97. The van der Waals surface area contributed by atoms with Gasteiger partial charge >= 0.3 is 0 Å². The van der Waals surface area contributed by atoms with Crippen LogP contribution in [0.1, 0.15) is 11.3 Å². The minimum Gasteiger partial charge on any atom is -0.250 e. The number of hydrogen-bond acceptors (Lipinski definition) is 3. The minimum absolute atomic E-state index is 0.240. The van der Waals surface area contributed by atoms with Crippen LogP contribution < -0.4 is 0 Å². The fourth-order valence-corrected chi connectivity index (χ4v) is 2.82. The third-order valence-electron chi connectivity index (χ3n) is 4.17. The molecule has 0 aliphatic heterocycles. The average molecular weight is 329 g/mol. The van der Waals surface area contributed by atoms with Crippen LogP contribution >= 0.6 is 0 Å². The maximum Gasteiger partial charge on any atom is 0.179 e. The van der Waals surface area contributed by atoms with Gasteiger partial charge in [-0.25, -0.2) is 19.3 Å². The summed E-state index contributed by atoms with van der Waals surface area (Å²) in [6.45, 7) is 3.68. The van der Waals surface area contributed by atoms with Crippen LogP contribution in [0.3, 0.4) is 0 Å². The van der Waals surface area contributed by atoms with Crippen molar-refractivity contribution in [1.29, 1.82) is 0 Å². The summed E-state index contributed by atoms with van der Waals surface area (Å²) in [7, 11) is 0. The SMILES string of the molecule is Cc1cccc(-c2nc(-c3ccc(C)c(F)c3)c3ccccc3n2)n1. The van der Waals surface area contributed by atoms with Crippen molar-refractivity contribution in [2.45, 2.75) is 13.8 Å². The summed E-state index contributed by atoms with van der Waals surface area (Å²) < 4.78 is 14.1. The van der Waals surface area contributed by atoms with E-state index in [4.69, 9.17) is 4.98 Å². The average Bonchev–Trinajstić information content (AvgIpc) is 2.63. The number of hydrogen-bond donors (Lipinski definition) is 0. The lowest BCUT2D eigenvalue weighted by molar-refractivity contribution is 0.619. The van der Waals surface area contributed by atoms with Gasteiger partial charge in [0.1, 0.15) is 11.5 Å². The number of aryl methyl sites for hydroxylation is 2. The van der Waals surface area contributed by atoms with Crippen LogP contribution in [0, 0.1) is 19.7 Å². The van der Waals surface area contributed by atoms with E-state index in [0.29, 0.717) is 22.8 Å². The number of fused-ring (bicyclic) bond motifs is 1. The molecule has 0 saturated carbocycles. The second kappa shape index (κ2) is 6.06. The Balaban J connectivity index is 2.00. The molecule has 0 amide bonds. The first-order valence-electron chi connectivity index (χ1n) is 8.09. The van der Waals surface area contributed by atoms with Crippen molar-refractivity contribution in [3.8, 4) is 22.8 Å². The molecule has 2 heterocycles. The molecule has 0 unspecified atom stereocenters. The Kier molecular flexibility index (Phi) is 3.73. The van der Waals surface area contributed by atoms with Gasteiger partial charge in [-0.2, -0.15) is 0 Å². The molecule has 0 radical (unpaired) electrons. The summed E-state index contributed by atoms with van der Waals surface area (Å²) in [5.41, 5.74) is 4.48. The zero-order chi connectivity index (χ0) is 17.4. The molecule has 0 fully saturated rings. The number of aromatic nitrogens is 3. The van der Waals surface area contributed by atoms with Gasteiger partial charge in [0.15, 0.2) is 5.82 Å². The van der Waals surface area contributed by atoms with E-state index >= 15 is 0 Å². The third-order valence-corrected chi connectivity index (χ3v) is 4.17. The molecule has 0 aliphatic rings. The summed E-state index contributed by atoms with van der Waals surface area (Å²) in [6, 6.07) is 18.7. The van der Waals surface area contributed by atoms with Crippen molar-refractivity contribution in [3.05, 3.63) is 77.7 Å². The second-order valence-electron chi connectivity index (χ2n) is 6.04. The van der Waals surface area contributed by atoms with Crippen LogP contribution in [0.2, 0.25) is 0 Å². The smallest absolute Gasteiger partial charge is 0.179 e. The molecule has 3 nitrogen and oxygen atoms in total. The molecular weight excluding hydrogens is 313 g/mol. The molecule has 25 heavy (non-hydrogen) atoms. The zero-order valence-corrected chi connectivity index (χ0v) is 14.0. The van der Waals surface area contributed by atoms with E-state index in [2.05, 4.69) is 9.97 Å². The summed E-state index contributed by atoms with van der Waals surface area (Å²) in [5.74, 6) is 0.300. The van der Waals surface area contributed by atoms with Gasteiger partial charge in [0.25, 0.3) is 0 Å². The molecule has 0 saturated heterocycles. The number of benzene rings is 2. The van der Waals surface area contributed by atoms with Crippen molar-refractivity contribution in [1.82, 2.24) is 15.0 Å². The quantitative estimate of drug-likeness (QED) is 0.512. The lowest BCUT2D eigenvalue weighted by Gasteiger charge is -2.10. The van der Waals surface area contributed by atoms with Gasteiger partial charge in [0, 0.05) is 16.6 Å². The second-order valence-corrected chi connectivity index (χ2v) is 6.04. The van der Waals surface area contributed by atoms with Crippen molar-refractivity contribution in [3.63, 3.8) is 0 Å². The standard InChI is InChI=1S/C21H16FN3/c1-13-10-11-15(12-17(13)22)20-16-7-3-4-8-18(16)24-21(25-20)19-9-5-6-14(2)23-19/h3-12H,1-2H3. The maximum atomic E-state index is 14.1. The topological polar surface area (TPSA) is 38.7 Å². The highest BCUT2D eigenvalue weighted by Gasteiger charge is 2.13. The highest BCUT2D eigenvalue weighted by Crippen LogP contribution is 2.29. The summed E-state index contributed by atoms with van der Waals surface area (Å²) >= 11 is 0. The fraction of sp³-hybridized carbons (Fsp3) is 0.0952. The van der Waals surface area contributed by atoms with E-state index in [1.54, 1.807) is 13.0 Å². The van der Waals surface area contributed by atoms with Crippen LogP contribution in [-0.4, -0.2) is 15.0 Å². The number of para-hydroxylation sites is 1. The van der Waals surface area contributed by atoms with Crippen LogP contribution in [0.4, 0.5) is 4.39 Å².